The van der Waals surface area contributed by atoms with Gasteiger partial charge in [0.1, 0.15) is 4.21 Å². The fourth-order valence-corrected chi connectivity index (χ4v) is 4.11. The number of pyridine rings is 1. The van der Waals surface area contributed by atoms with Crippen molar-refractivity contribution in [1.82, 2.24) is 4.98 Å². The highest BCUT2D eigenvalue weighted by molar-refractivity contribution is 7.94. The topological polar surface area (TPSA) is 102 Å². The third kappa shape index (κ3) is 3.06. The first-order valence-electron chi connectivity index (χ1n) is 5.18. The van der Waals surface area contributed by atoms with Gasteiger partial charge in [0, 0.05) is 12.3 Å². The van der Waals surface area contributed by atoms with Crippen molar-refractivity contribution in [2.24, 2.45) is 0 Å². The van der Waals surface area contributed by atoms with Gasteiger partial charge in [-0.1, -0.05) is 11.6 Å². The van der Waals surface area contributed by atoms with Gasteiger partial charge in [0.25, 0.3) is 15.7 Å². The fraction of sp³-hybridized carbons (Fsp3) is 0.100. The number of thiophene rings is 1. The van der Waals surface area contributed by atoms with Crippen molar-refractivity contribution >= 4 is 44.3 Å². The van der Waals surface area contributed by atoms with Gasteiger partial charge < -0.3 is 0 Å². The summed E-state index contributed by atoms with van der Waals surface area (Å²) in [5.41, 5.74) is 0.622. The van der Waals surface area contributed by atoms with Crippen molar-refractivity contribution in [3.05, 3.63) is 44.5 Å². The summed E-state index contributed by atoms with van der Waals surface area (Å²) >= 11 is 6.27. The molecule has 2 heterocycles. The summed E-state index contributed by atoms with van der Waals surface area (Å²) in [6.07, 6.45) is 2.92. The zero-order valence-electron chi connectivity index (χ0n) is 10.0. The van der Waals surface area contributed by atoms with Gasteiger partial charge in [-0.05, 0) is 18.6 Å². The van der Waals surface area contributed by atoms with Gasteiger partial charge in [0.05, 0.1) is 16.8 Å². The number of aromatic nitrogens is 1. The first-order chi connectivity index (χ1) is 9.29. The maximum atomic E-state index is 12.1. The molecule has 7 nitrogen and oxygen atoms in total. The van der Waals surface area contributed by atoms with Gasteiger partial charge in [-0.25, -0.2) is 8.42 Å². The van der Waals surface area contributed by atoms with Crippen LogP contribution in [0.15, 0.2) is 28.7 Å². The van der Waals surface area contributed by atoms with Crippen LogP contribution in [-0.4, -0.2) is 18.3 Å². The average molecular weight is 334 g/mol. The molecule has 106 valence electrons. The average Bonchev–Trinajstić information content (AvgIpc) is 2.71. The van der Waals surface area contributed by atoms with Gasteiger partial charge in [-0.2, -0.15) is 0 Å². The Morgan fingerprint density at radius 2 is 2.10 bits per heavy atom. The van der Waals surface area contributed by atoms with Gasteiger partial charge >= 0.3 is 0 Å². The molecule has 0 saturated carbocycles. The minimum absolute atomic E-state index is 0.183. The van der Waals surface area contributed by atoms with Crippen LogP contribution in [0.1, 0.15) is 5.56 Å². The number of sulfonamides is 1. The lowest BCUT2D eigenvalue weighted by atomic mass is 10.3. The Hall–Kier alpha value is -1.71. The molecule has 0 aliphatic heterocycles. The summed E-state index contributed by atoms with van der Waals surface area (Å²) in [6, 6.07) is 2.52. The van der Waals surface area contributed by atoms with E-state index in [4.69, 9.17) is 11.6 Å². The van der Waals surface area contributed by atoms with Crippen molar-refractivity contribution in [2.75, 3.05) is 4.72 Å². The van der Waals surface area contributed by atoms with Crippen LogP contribution in [0.3, 0.4) is 0 Å². The molecule has 20 heavy (non-hydrogen) atoms. The normalized spacial score (nSPS) is 11.3. The molecule has 0 radical (unpaired) electrons. The lowest BCUT2D eigenvalue weighted by molar-refractivity contribution is -0.384. The molecule has 0 aliphatic carbocycles. The molecule has 2 rings (SSSR count). The molecule has 0 spiro atoms. The van der Waals surface area contributed by atoms with Crippen LogP contribution >= 0.6 is 22.9 Å². The third-order valence-electron chi connectivity index (χ3n) is 2.23. The van der Waals surface area contributed by atoms with E-state index in [1.54, 1.807) is 19.2 Å². The monoisotopic (exact) mass is 333 g/mol. The number of rotatable bonds is 4. The Balaban J connectivity index is 2.36. The number of hydrogen-bond donors (Lipinski definition) is 1. The maximum Gasteiger partial charge on any atom is 0.300 e. The molecule has 0 bridgehead atoms. The molecule has 2 aromatic rings. The Morgan fingerprint density at radius 3 is 2.65 bits per heavy atom. The first-order valence-corrected chi connectivity index (χ1v) is 7.85. The molecular formula is C10H8ClN3O4S2. The number of anilines is 1. The van der Waals surface area contributed by atoms with E-state index in [1.165, 1.54) is 6.20 Å². The molecule has 2 aromatic heterocycles. The van der Waals surface area contributed by atoms with Gasteiger partial charge in [0.15, 0.2) is 4.34 Å². The van der Waals surface area contributed by atoms with Crippen LogP contribution in [0, 0.1) is 17.0 Å². The zero-order valence-corrected chi connectivity index (χ0v) is 12.4. The number of nitrogens with one attached hydrogen (secondary N) is 1. The number of nitro groups is 1. The van der Waals surface area contributed by atoms with Gasteiger partial charge in [-0.3, -0.25) is 19.8 Å². The second-order valence-corrected chi connectivity index (χ2v) is 7.40. The van der Waals surface area contributed by atoms with E-state index >= 15 is 0 Å². The SMILES string of the molecule is Cc1cncc(NS(=O)(=O)c2cc([N+](=O)[O-])c(Cl)s2)c1. The number of halogens is 1. The first kappa shape index (κ1) is 14.7. The van der Waals surface area contributed by atoms with Crippen LogP contribution in [0.5, 0.6) is 0 Å². The highest BCUT2D eigenvalue weighted by Gasteiger charge is 2.25. The molecular weight excluding hydrogens is 326 g/mol. The summed E-state index contributed by atoms with van der Waals surface area (Å²) in [5.74, 6) is 0. The lowest BCUT2D eigenvalue weighted by Crippen LogP contribution is -2.11. The summed E-state index contributed by atoms with van der Waals surface area (Å²) < 4.78 is 26.1. The van der Waals surface area contributed by atoms with Crippen LogP contribution < -0.4 is 4.72 Å². The number of nitrogens with zero attached hydrogens (tertiary/aromatic N) is 2. The van der Waals surface area contributed by atoms with E-state index < -0.39 is 20.6 Å². The van der Waals surface area contributed by atoms with Crippen LogP contribution in [0.2, 0.25) is 4.34 Å². The van der Waals surface area contributed by atoms with Crippen molar-refractivity contribution in [2.45, 2.75) is 11.1 Å². The predicted octanol–water partition coefficient (Wildman–Crippen LogP) is 2.81. The minimum atomic E-state index is -3.93. The van der Waals surface area contributed by atoms with Crippen molar-refractivity contribution in [3.8, 4) is 0 Å². The molecule has 0 unspecified atom stereocenters. The zero-order chi connectivity index (χ0) is 14.9. The largest absolute Gasteiger partial charge is 0.300 e. The summed E-state index contributed by atoms with van der Waals surface area (Å²) in [4.78, 5) is 13.8. The standard InChI is InChI=1S/C10H8ClN3O4S2/c1-6-2-7(5-12-4-6)13-20(17,18)9-3-8(14(15)16)10(11)19-9/h2-5,13H,1H3. The Bertz CT molecular complexity index is 773. The second-order valence-electron chi connectivity index (χ2n) is 3.84. The quantitative estimate of drug-likeness (QED) is 0.684. The molecule has 0 fully saturated rings. The molecule has 0 amide bonds. The number of aryl methyl sites for hydroxylation is 1. The molecule has 0 aliphatic rings. The molecule has 0 aromatic carbocycles. The van der Waals surface area contributed by atoms with Crippen LogP contribution in [0.4, 0.5) is 11.4 Å². The predicted molar refractivity (Wildman–Crippen MR) is 75.8 cm³/mol. The van der Waals surface area contributed by atoms with E-state index in [0.29, 0.717) is 11.3 Å². The van der Waals surface area contributed by atoms with E-state index in [-0.39, 0.29) is 14.2 Å². The maximum absolute atomic E-state index is 12.1. The summed E-state index contributed by atoms with van der Waals surface area (Å²) in [6.45, 7) is 1.76. The lowest BCUT2D eigenvalue weighted by Gasteiger charge is -2.05. The number of hydrogen-bond acceptors (Lipinski definition) is 6. The van der Waals surface area contributed by atoms with E-state index in [2.05, 4.69) is 9.71 Å². The van der Waals surface area contributed by atoms with E-state index in [0.717, 1.165) is 11.6 Å². The smallest absolute Gasteiger partial charge is 0.277 e. The summed E-state index contributed by atoms with van der Waals surface area (Å²) in [5, 5.41) is 10.7. The highest BCUT2D eigenvalue weighted by atomic mass is 35.5. The molecule has 0 saturated heterocycles. The Labute approximate surface area is 123 Å². The third-order valence-corrected chi connectivity index (χ3v) is 5.43. The molecule has 0 atom stereocenters. The van der Waals surface area contributed by atoms with Crippen molar-refractivity contribution in [1.29, 1.82) is 0 Å². The van der Waals surface area contributed by atoms with Crippen molar-refractivity contribution in [3.63, 3.8) is 0 Å². The highest BCUT2D eigenvalue weighted by Crippen LogP contribution is 2.36. The van der Waals surface area contributed by atoms with E-state index in [9.17, 15) is 18.5 Å². The van der Waals surface area contributed by atoms with Gasteiger partial charge in [-0.15, -0.1) is 11.3 Å². The van der Waals surface area contributed by atoms with E-state index in [1.807, 2.05) is 0 Å². The van der Waals surface area contributed by atoms with Crippen LogP contribution in [0.25, 0.3) is 0 Å². The second kappa shape index (κ2) is 5.35. The summed E-state index contributed by atoms with van der Waals surface area (Å²) in [7, 11) is -3.93. The molecule has 1 N–H and O–H groups in total. The van der Waals surface area contributed by atoms with Crippen molar-refractivity contribution < 1.29 is 13.3 Å². The Morgan fingerprint density at radius 1 is 1.40 bits per heavy atom. The fourth-order valence-electron chi connectivity index (χ4n) is 1.41. The van der Waals surface area contributed by atoms with Gasteiger partial charge in [0.2, 0.25) is 0 Å². The minimum Gasteiger partial charge on any atom is -0.277 e. The van der Waals surface area contributed by atoms with Crippen LogP contribution in [-0.2, 0) is 10.0 Å². The Kier molecular flexibility index (Phi) is 3.93. The molecule has 10 heteroatoms.